The fourth-order valence-corrected chi connectivity index (χ4v) is 10.3. The van der Waals surface area contributed by atoms with Crippen molar-refractivity contribution < 1.29 is 0 Å². The van der Waals surface area contributed by atoms with Gasteiger partial charge in [0.2, 0.25) is 0 Å². The summed E-state index contributed by atoms with van der Waals surface area (Å²) in [6.07, 6.45) is 0. The highest BCUT2D eigenvalue weighted by Crippen LogP contribution is 2.53. The summed E-state index contributed by atoms with van der Waals surface area (Å²) < 4.78 is 0. The van der Waals surface area contributed by atoms with Crippen molar-refractivity contribution in [2.24, 2.45) is 0 Å². The first-order chi connectivity index (χ1) is 31.6. The van der Waals surface area contributed by atoms with E-state index in [9.17, 15) is 0 Å². The van der Waals surface area contributed by atoms with Gasteiger partial charge in [0, 0.05) is 37.9 Å². The van der Waals surface area contributed by atoms with Crippen molar-refractivity contribution in [3.63, 3.8) is 0 Å². The van der Waals surface area contributed by atoms with E-state index in [1.807, 2.05) is 11.3 Å². The molecule has 0 aliphatic heterocycles. The van der Waals surface area contributed by atoms with Crippen LogP contribution >= 0.6 is 11.3 Å². The van der Waals surface area contributed by atoms with Gasteiger partial charge in [-0.15, -0.1) is 11.3 Å². The highest BCUT2D eigenvalue weighted by Gasteiger charge is 2.25. The van der Waals surface area contributed by atoms with Crippen LogP contribution in [0.15, 0.2) is 249 Å². The Kier molecular flexibility index (Phi) is 11.5. The third kappa shape index (κ3) is 8.04. The minimum atomic E-state index is 1.11. The van der Waals surface area contributed by atoms with Gasteiger partial charge in [0.15, 0.2) is 0 Å². The number of hydrogen-bond donors (Lipinski definition) is 0. The van der Waals surface area contributed by atoms with Crippen molar-refractivity contribution in [1.82, 2.24) is 0 Å². The number of thiophene rings is 1. The van der Waals surface area contributed by atoms with Crippen LogP contribution < -0.4 is 4.90 Å². The van der Waals surface area contributed by atoms with E-state index < -0.39 is 0 Å². The van der Waals surface area contributed by atoms with Crippen LogP contribution in [-0.2, 0) is 0 Å². The van der Waals surface area contributed by atoms with Crippen LogP contribution in [0.2, 0.25) is 0 Å². The molecule has 10 rings (SSSR count). The van der Waals surface area contributed by atoms with Crippen LogP contribution in [0, 0.1) is 13.8 Å². The highest BCUT2D eigenvalue weighted by atomic mass is 32.1. The zero-order chi connectivity index (χ0) is 43.2. The zero-order valence-electron chi connectivity index (χ0n) is 36.0. The van der Waals surface area contributed by atoms with Crippen molar-refractivity contribution in [2.45, 2.75) is 13.8 Å². The number of para-hydroxylation sites is 2. The lowest BCUT2D eigenvalue weighted by Crippen LogP contribution is -2.09. The molecular weight excluding hydrogens is 791 g/mol. The van der Waals surface area contributed by atoms with Gasteiger partial charge >= 0.3 is 0 Å². The van der Waals surface area contributed by atoms with Crippen molar-refractivity contribution in [3.8, 4) is 43.1 Å². The normalized spacial score (nSPS) is 11.0. The van der Waals surface area contributed by atoms with E-state index >= 15 is 0 Å². The Hall–Kier alpha value is -7.78. The Morgan fingerprint density at radius 3 is 1.08 bits per heavy atom. The van der Waals surface area contributed by atoms with Crippen molar-refractivity contribution >= 4 is 39.5 Å². The Morgan fingerprint density at radius 2 is 0.641 bits per heavy atom. The molecule has 1 aromatic heterocycles. The van der Waals surface area contributed by atoms with E-state index in [1.54, 1.807) is 0 Å². The maximum absolute atomic E-state index is 2.34. The molecular formula is C62H47NS. The molecule has 9 aromatic carbocycles. The van der Waals surface area contributed by atoms with Gasteiger partial charge in [0.05, 0.1) is 0 Å². The molecule has 0 atom stereocenters. The number of rotatable bonds is 11. The lowest BCUT2D eigenvalue weighted by Gasteiger charge is -2.25. The summed E-state index contributed by atoms with van der Waals surface area (Å²) in [5.41, 5.74) is 20.4. The van der Waals surface area contributed by atoms with Crippen LogP contribution in [0.1, 0.15) is 33.4 Å². The summed E-state index contributed by atoms with van der Waals surface area (Å²) in [5, 5.41) is 0. The number of hydrogen-bond acceptors (Lipinski definition) is 2. The fraction of sp³-hybridized carbons (Fsp3) is 0.0323. The number of benzene rings is 9. The molecule has 0 saturated heterocycles. The van der Waals surface area contributed by atoms with Gasteiger partial charge in [-0.05, 0) is 117 Å². The van der Waals surface area contributed by atoms with Gasteiger partial charge in [0.25, 0.3) is 0 Å². The van der Waals surface area contributed by atoms with Crippen LogP contribution in [0.3, 0.4) is 0 Å². The SMILES string of the molecule is Cc1ccccc1C(=C(c1ccccc1)c1ccc(-c2sc(-c3ccc(N(c4ccccc4)c4ccccc4)cc3)c(-c3ccccc3)c2-c2ccccc2)cc1)c1ccccc1C. The third-order valence-electron chi connectivity index (χ3n) is 12.0. The van der Waals surface area contributed by atoms with Gasteiger partial charge in [-0.2, -0.15) is 0 Å². The quantitative estimate of drug-likeness (QED) is 0.117. The zero-order valence-corrected chi connectivity index (χ0v) is 36.8. The van der Waals surface area contributed by atoms with Gasteiger partial charge in [0.1, 0.15) is 0 Å². The van der Waals surface area contributed by atoms with Crippen molar-refractivity contribution in [2.75, 3.05) is 4.90 Å². The molecule has 0 fully saturated rings. The van der Waals surface area contributed by atoms with E-state index in [-0.39, 0.29) is 0 Å². The first kappa shape index (κ1) is 40.3. The second-order valence-electron chi connectivity index (χ2n) is 16.1. The molecule has 306 valence electrons. The molecule has 1 heterocycles. The van der Waals surface area contributed by atoms with E-state index in [2.05, 4.69) is 267 Å². The summed E-state index contributed by atoms with van der Waals surface area (Å²) in [6, 6.07) is 90.0. The monoisotopic (exact) mass is 837 g/mol. The average Bonchev–Trinajstić information content (AvgIpc) is 3.77. The standard InChI is InChI=1S/C62H47NS/c1-44-22-18-20-34-55(44)60(56-35-21-19-23-45(56)2)57(46-24-8-3-9-25-46)49-36-38-50(39-37-49)61-58(47-26-10-4-11-27-47)59(48-28-12-5-13-29-48)62(64-61)51-40-42-54(43-41-51)63(52-30-14-6-15-31-52)53-32-16-7-17-33-53/h3-43H,1-2H3. The number of aryl methyl sites for hydroxylation is 2. The predicted octanol–water partition coefficient (Wildman–Crippen LogP) is 17.5. The van der Waals surface area contributed by atoms with Crippen LogP contribution in [-0.4, -0.2) is 0 Å². The second-order valence-corrected chi connectivity index (χ2v) is 17.1. The second kappa shape index (κ2) is 18.3. The Bertz CT molecular complexity index is 3080. The third-order valence-corrected chi connectivity index (χ3v) is 13.3. The highest BCUT2D eigenvalue weighted by molar-refractivity contribution is 7.20. The largest absolute Gasteiger partial charge is 0.311 e. The maximum Gasteiger partial charge on any atom is 0.0462 e. The molecule has 0 radical (unpaired) electrons. The van der Waals surface area contributed by atoms with Crippen molar-refractivity contribution in [1.29, 1.82) is 0 Å². The van der Waals surface area contributed by atoms with Gasteiger partial charge < -0.3 is 4.90 Å². The molecule has 10 aromatic rings. The molecule has 0 aliphatic rings. The minimum Gasteiger partial charge on any atom is -0.311 e. The van der Waals surface area contributed by atoms with Crippen LogP contribution in [0.25, 0.3) is 54.3 Å². The molecule has 64 heavy (non-hydrogen) atoms. The average molecular weight is 838 g/mol. The Morgan fingerprint density at radius 1 is 0.297 bits per heavy atom. The Labute approximate surface area is 381 Å². The van der Waals surface area contributed by atoms with Crippen LogP contribution in [0.5, 0.6) is 0 Å². The van der Waals surface area contributed by atoms with E-state index in [0.717, 1.165) is 17.1 Å². The lowest BCUT2D eigenvalue weighted by molar-refractivity contribution is 1.28. The van der Waals surface area contributed by atoms with Gasteiger partial charge in [-0.25, -0.2) is 0 Å². The smallest absolute Gasteiger partial charge is 0.0462 e. The van der Waals surface area contributed by atoms with E-state index in [0.29, 0.717) is 0 Å². The molecule has 1 nitrogen and oxygen atoms in total. The fourth-order valence-electron chi connectivity index (χ4n) is 8.93. The molecule has 0 unspecified atom stereocenters. The predicted molar refractivity (Wildman–Crippen MR) is 275 cm³/mol. The summed E-state index contributed by atoms with van der Waals surface area (Å²) >= 11 is 1.88. The first-order valence-corrected chi connectivity index (χ1v) is 22.7. The van der Waals surface area contributed by atoms with E-state index in [1.165, 1.54) is 87.7 Å². The summed E-state index contributed by atoms with van der Waals surface area (Å²) in [6.45, 7) is 4.44. The molecule has 0 bridgehead atoms. The first-order valence-electron chi connectivity index (χ1n) is 21.9. The molecule has 0 amide bonds. The van der Waals surface area contributed by atoms with Gasteiger partial charge in [-0.3, -0.25) is 0 Å². The summed E-state index contributed by atoms with van der Waals surface area (Å²) in [4.78, 5) is 4.81. The Balaban J connectivity index is 1.16. The minimum absolute atomic E-state index is 1.11. The molecule has 0 aliphatic carbocycles. The molecule has 0 N–H and O–H groups in total. The molecule has 2 heteroatoms. The lowest BCUT2D eigenvalue weighted by atomic mass is 9.83. The van der Waals surface area contributed by atoms with Gasteiger partial charge in [-0.1, -0.05) is 212 Å². The van der Waals surface area contributed by atoms with Crippen LogP contribution in [0.4, 0.5) is 17.1 Å². The topological polar surface area (TPSA) is 3.24 Å². The molecule has 0 saturated carbocycles. The number of nitrogens with zero attached hydrogens (tertiary/aromatic N) is 1. The maximum atomic E-state index is 2.34. The van der Waals surface area contributed by atoms with Crippen molar-refractivity contribution in [3.05, 3.63) is 282 Å². The number of anilines is 3. The summed E-state index contributed by atoms with van der Waals surface area (Å²) in [7, 11) is 0. The molecule has 0 spiro atoms. The summed E-state index contributed by atoms with van der Waals surface area (Å²) in [5.74, 6) is 0. The van der Waals surface area contributed by atoms with E-state index in [4.69, 9.17) is 0 Å².